The molecule has 1 saturated carbocycles. The molecule has 0 heterocycles. The molecule has 4 nitrogen and oxygen atoms in total. The molecule has 1 atom stereocenters. The Kier molecular flexibility index (Phi) is 5.44. The fraction of sp³-hybridized carbons (Fsp3) is 0.375. The van der Waals surface area contributed by atoms with E-state index in [1.165, 1.54) is 11.0 Å². The monoisotopic (exact) mass is 305 g/mol. The number of benzene rings is 1. The maximum Gasteiger partial charge on any atom is 0.331 e. The number of hydrogen-bond donors (Lipinski definition) is 1. The van der Waals surface area contributed by atoms with E-state index in [1.807, 2.05) is 30.5 Å². The Morgan fingerprint density at radius 3 is 2.57 bits per heavy atom. The molecule has 0 radical (unpaired) electrons. The minimum Gasteiger partial charge on any atom is -0.449 e. The summed E-state index contributed by atoms with van der Waals surface area (Å²) in [6.45, 7) is 1.58. The summed E-state index contributed by atoms with van der Waals surface area (Å²) < 4.78 is 5.07. The van der Waals surface area contributed by atoms with Gasteiger partial charge in [0.25, 0.3) is 5.91 Å². The average Bonchev–Trinajstić information content (AvgIpc) is 3.29. The molecule has 5 heteroatoms. The molecule has 1 aliphatic rings. The first-order valence-electron chi connectivity index (χ1n) is 6.91. The van der Waals surface area contributed by atoms with Crippen molar-refractivity contribution in [1.29, 1.82) is 0 Å². The van der Waals surface area contributed by atoms with Crippen molar-refractivity contribution in [3.8, 4) is 0 Å². The second-order valence-corrected chi connectivity index (χ2v) is 5.85. The Balaban J connectivity index is 1.81. The molecule has 1 amide bonds. The van der Waals surface area contributed by atoms with Gasteiger partial charge in [-0.15, -0.1) is 11.8 Å². The predicted molar refractivity (Wildman–Crippen MR) is 84.0 cm³/mol. The summed E-state index contributed by atoms with van der Waals surface area (Å²) in [7, 11) is 0. The molecular formula is C16H19NO3S. The van der Waals surface area contributed by atoms with Gasteiger partial charge < -0.3 is 10.1 Å². The van der Waals surface area contributed by atoms with Crippen LogP contribution in [0.1, 0.15) is 25.3 Å². The van der Waals surface area contributed by atoms with Crippen LogP contribution in [0.4, 0.5) is 0 Å². The third kappa shape index (κ3) is 5.27. The lowest BCUT2D eigenvalue weighted by Gasteiger charge is -2.11. The van der Waals surface area contributed by atoms with Crippen molar-refractivity contribution in [1.82, 2.24) is 5.32 Å². The van der Waals surface area contributed by atoms with E-state index in [9.17, 15) is 9.59 Å². The standard InChI is InChI=1S/C16H19NO3S/c1-11(16(19)17-13-6-7-13)20-15(18)10-5-12-3-8-14(21-2)9-4-12/h3-5,8-11,13H,6-7H2,1-2H3,(H,17,19)/b10-5+/t11-/m0/s1. The van der Waals surface area contributed by atoms with Gasteiger partial charge in [-0.3, -0.25) is 4.79 Å². The van der Waals surface area contributed by atoms with Gasteiger partial charge in [-0.25, -0.2) is 4.79 Å². The highest BCUT2D eigenvalue weighted by atomic mass is 32.2. The number of esters is 1. The van der Waals surface area contributed by atoms with Crippen molar-refractivity contribution in [2.75, 3.05) is 6.26 Å². The Morgan fingerprint density at radius 2 is 2.00 bits per heavy atom. The molecule has 2 rings (SSSR count). The fourth-order valence-electron chi connectivity index (χ4n) is 1.69. The summed E-state index contributed by atoms with van der Waals surface area (Å²) in [6.07, 6.45) is 6.29. The summed E-state index contributed by atoms with van der Waals surface area (Å²) in [6, 6.07) is 8.10. The molecule has 1 N–H and O–H groups in total. The number of amides is 1. The number of ether oxygens (including phenoxy) is 1. The molecule has 0 unspecified atom stereocenters. The van der Waals surface area contributed by atoms with E-state index < -0.39 is 12.1 Å². The quantitative estimate of drug-likeness (QED) is 0.499. The predicted octanol–water partition coefficient (Wildman–Crippen LogP) is 2.63. The fourth-order valence-corrected chi connectivity index (χ4v) is 2.10. The molecule has 1 aromatic rings. The molecule has 112 valence electrons. The smallest absolute Gasteiger partial charge is 0.331 e. The van der Waals surface area contributed by atoms with Gasteiger partial charge >= 0.3 is 5.97 Å². The number of carbonyl (C=O) groups excluding carboxylic acids is 2. The van der Waals surface area contributed by atoms with Crippen LogP contribution in [0.25, 0.3) is 6.08 Å². The second kappa shape index (κ2) is 7.31. The molecule has 0 aromatic heterocycles. The van der Waals surface area contributed by atoms with Crippen LogP contribution in [0.3, 0.4) is 0 Å². The Morgan fingerprint density at radius 1 is 1.33 bits per heavy atom. The largest absolute Gasteiger partial charge is 0.449 e. The van der Waals surface area contributed by atoms with Crippen LogP contribution in [0.5, 0.6) is 0 Å². The highest BCUT2D eigenvalue weighted by Gasteiger charge is 2.26. The van der Waals surface area contributed by atoms with E-state index in [0.717, 1.165) is 18.4 Å². The first-order chi connectivity index (χ1) is 10.1. The molecule has 0 bridgehead atoms. The SMILES string of the molecule is CSc1ccc(/C=C/C(=O)O[C@@H](C)C(=O)NC2CC2)cc1. The van der Waals surface area contributed by atoms with E-state index in [1.54, 1.807) is 24.8 Å². The van der Waals surface area contributed by atoms with Gasteiger partial charge in [-0.1, -0.05) is 12.1 Å². The van der Waals surface area contributed by atoms with Gasteiger partial charge in [0.2, 0.25) is 0 Å². The molecule has 1 aromatic carbocycles. The first kappa shape index (κ1) is 15.6. The van der Waals surface area contributed by atoms with E-state index in [-0.39, 0.29) is 11.9 Å². The van der Waals surface area contributed by atoms with Crippen LogP contribution in [0, 0.1) is 0 Å². The maximum absolute atomic E-state index is 11.7. The first-order valence-corrected chi connectivity index (χ1v) is 8.14. The Bertz CT molecular complexity index is 535. The van der Waals surface area contributed by atoms with Crippen molar-refractivity contribution < 1.29 is 14.3 Å². The molecule has 21 heavy (non-hydrogen) atoms. The molecular weight excluding hydrogens is 286 g/mol. The molecule has 0 saturated heterocycles. The molecule has 1 aliphatic carbocycles. The lowest BCUT2D eigenvalue weighted by atomic mass is 10.2. The van der Waals surface area contributed by atoms with Gasteiger partial charge in [0.05, 0.1) is 0 Å². The van der Waals surface area contributed by atoms with Crippen molar-refractivity contribution in [3.05, 3.63) is 35.9 Å². The van der Waals surface area contributed by atoms with E-state index >= 15 is 0 Å². The minimum absolute atomic E-state index is 0.233. The third-order valence-corrected chi connectivity index (χ3v) is 3.86. The van der Waals surface area contributed by atoms with Crippen molar-refractivity contribution in [3.63, 3.8) is 0 Å². The maximum atomic E-state index is 11.7. The van der Waals surface area contributed by atoms with Crippen molar-refractivity contribution >= 4 is 29.7 Å². The number of nitrogens with one attached hydrogen (secondary N) is 1. The summed E-state index contributed by atoms with van der Waals surface area (Å²) in [4.78, 5) is 24.5. The van der Waals surface area contributed by atoms with Crippen LogP contribution in [0.2, 0.25) is 0 Å². The Labute approximate surface area is 128 Å². The van der Waals surface area contributed by atoms with E-state index in [4.69, 9.17) is 4.74 Å². The van der Waals surface area contributed by atoms with Gasteiger partial charge in [0.15, 0.2) is 6.10 Å². The van der Waals surface area contributed by atoms with Crippen LogP contribution >= 0.6 is 11.8 Å². The van der Waals surface area contributed by atoms with E-state index in [0.29, 0.717) is 0 Å². The van der Waals surface area contributed by atoms with Gasteiger partial charge in [0, 0.05) is 17.0 Å². The highest BCUT2D eigenvalue weighted by molar-refractivity contribution is 7.98. The molecule has 0 aliphatic heterocycles. The van der Waals surface area contributed by atoms with Crippen molar-refractivity contribution in [2.24, 2.45) is 0 Å². The zero-order valence-electron chi connectivity index (χ0n) is 12.2. The zero-order valence-corrected chi connectivity index (χ0v) is 13.0. The van der Waals surface area contributed by atoms with Crippen molar-refractivity contribution in [2.45, 2.75) is 36.8 Å². The van der Waals surface area contributed by atoms with Crippen LogP contribution in [0.15, 0.2) is 35.2 Å². The zero-order chi connectivity index (χ0) is 15.2. The highest BCUT2D eigenvalue weighted by Crippen LogP contribution is 2.19. The summed E-state index contributed by atoms with van der Waals surface area (Å²) in [5.41, 5.74) is 0.917. The number of hydrogen-bond acceptors (Lipinski definition) is 4. The van der Waals surface area contributed by atoms with Gasteiger partial charge in [-0.2, -0.15) is 0 Å². The Hall–Kier alpha value is -1.75. The third-order valence-electron chi connectivity index (χ3n) is 3.11. The van der Waals surface area contributed by atoms with E-state index in [2.05, 4.69) is 5.32 Å². The van der Waals surface area contributed by atoms with Gasteiger partial charge in [0.1, 0.15) is 0 Å². The summed E-state index contributed by atoms with van der Waals surface area (Å²) in [5.74, 6) is -0.744. The minimum atomic E-state index is -0.762. The van der Waals surface area contributed by atoms with Crippen LogP contribution < -0.4 is 5.32 Å². The number of rotatable bonds is 6. The normalized spacial score (nSPS) is 15.7. The van der Waals surface area contributed by atoms with Crippen LogP contribution in [-0.2, 0) is 14.3 Å². The van der Waals surface area contributed by atoms with Gasteiger partial charge in [-0.05, 0) is 49.8 Å². The van der Waals surface area contributed by atoms with Crippen LogP contribution in [-0.4, -0.2) is 30.3 Å². The lowest BCUT2D eigenvalue weighted by molar-refractivity contribution is -0.150. The second-order valence-electron chi connectivity index (χ2n) is 4.97. The topological polar surface area (TPSA) is 55.4 Å². The molecule has 0 spiro atoms. The number of thioether (sulfide) groups is 1. The summed E-state index contributed by atoms with van der Waals surface area (Å²) >= 11 is 1.66. The molecule has 1 fully saturated rings. The number of carbonyl (C=O) groups is 2. The lowest BCUT2D eigenvalue weighted by Crippen LogP contribution is -2.36. The average molecular weight is 305 g/mol. The summed E-state index contributed by atoms with van der Waals surface area (Å²) in [5, 5.41) is 2.80.